The van der Waals surface area contributed by atoms with E-state index in [4.69, 9.17) is 4.74 Å². The van der Waals surface area contributed by atoms with Crippen LogP contribution in [0.4, 0.5) is 4.39 Å². The number of benzene rings is 1. The Hall–Kier alpha value is -2.94. The molecule has 0 radical (unpaired) electrons. The third kappa shape index (κ3) is 4.91. The summed E-state index contributed by atoms with van der Waals surface area (Å²) >= 11 is 0. The van der Waals surface area contributed by atoms with E-state index in [1.165, 1.54) is 4.90 Å². The van der Waals surface area contributed by atoms with Crippen LogP contribution in [0.15, 0.2) is 24.3 Å². The van der Waals surface area contributed by atoms with Crippen molar-refractivity contribution in [2.45, 2.75) is 70.4 Å². The molecule has 5 rings (SSSR count). The minimum absolute atomic E-state index is 0.0135. The molecule has 35 heavy (non-hydrogen) atoms. The highest BCUT2D eigenvalue weighted by atomic mass is 19.1. The number of hydrogen-bond acceptors (Lipinski definition) is 5. The predicted molar refractivity (Wildman–Crippen MR) is 127 cm³/mol. The van der Waals surface area contributed by atoms with Crippen LogP contribution in [0.5, 0.6) is 5.75 Å². The SMILES string of the molecule is Cc1ccccc1OC1CCN(C(=O)Cn2nc(C(=O)N3CC[C@H](O)[C@H](F)C3)c3c2CCC3)CC1. The second kappa shape index (κ2) is 9.97. The summed E-state index contributed by atoms with van der Waals surface area (Å²) in [7, 11) is 0. The van der Waals surface area contributed by atoms with E-state index in [0.717, 1.165) is 54.7 Å². The molecule has 2 atom stereocenters. The van der Waals surface area contributed by atoms with Gasteiger partial charge in [-0.3, -0.25) is 14.3 Å². The Bertz CT molecular complexity index is 1100. The van der Waals surface area contributed by atoms with Crippen LogP contribution in [-0.2, 0) is 24.2 Å². The average Bonchev–Trinajstić information content (AvgIpc) is 3.46. The monoisotopic (exact) mass is 484 g/mol. The van der Waals surface area contributed by atoms with E-state index in [0.29, 0.717) is 25.3 Å². The lowest BCUT2D eigenvalue weighted by Gasteiger charge is -2.32. The Morgan fingerprint density at radius 1 is 1.11 bits per heavy atom. The summed E-state index contributed by atoms with van der Waals surface area (Å²) < 4.78 is 21.8. The number of aromatic nitrogens is 2. The quantitative estimate of drug-likeness (QED) is 0.704. The fourth-order valence-corrected chi connectivity index (χ4v) is 5.36. The second-order valence-electron chi connectivity index (χ2n) is 9.87. The molecule has 2 fully saturated rings. The number of carbonyl (C=O) groups is 2. The number of ether oxygens (including phenoxy) is 1. The summed E-state index contributed by atoms with van der Waals surface area (Å²) in [5.74, 6) is 0.572. The van der Waals surface area contributed by atoms with Gasteiger partial charge in [0.2, 0.25) is 5.91 Å². The summed E-state index contributed by atoms with van der Waals surface area (Å²) in [6, 6.07) is 7.96. The van der Waals surface area contributed by atoms with Gasteiger partial charge in [0.25, 0.3) is 5.91 Å². The molecule has 0 spiro atoms. The maximum absolute atomic E-state index is 14.0. The molecule has 3 heterocycles. The molecular weight excluding hydrogens is 451 g/mol. The smallest absolute Gasteiger partial charge is 0.274 e. The molecule has 0 saturated carbocycles. The molecule has 1 aliphatic carbocycles. The number of fused-ring (bicyclic) bond motifs is 1. The van der Waals surface area contributed by atoms with Gasteiger partial charge in [0.1, 0.15) is 24.6 Å². The van der Waals surface area contributed by atoms with Gasteiger partial charge in [-0.15, -0.1) is 0 Å². The first-order valence-corrected chi connectivity index (χ1v) is 12.6. The Labute approximate surface area is 204 Å². The molecule has 1 N–H and O–H groups in total. The van der Waals surface area contributed by atoms with Crippen LogP contribution in [0.25, 0.3) is 0 Å². The minimum atomic E-state index is -1.44. The maximum atomic E-state index is 14.0. The summed E-state index contributed by atoms with van der Waals surface area (Å²) in [6.45, 7) is 3.56. The summed E-state index contributed by atoms with van der Waals surface area (Å²) in [4.78, 5) is 29.5. The number of nitrogens with zero attached hydrogens (tertiary/aromatic N) is 4. The van der Waals surface area contributed by atoms with E-state index in [1.807, 2.05) is 36.1 Å². The van der Waals surface area contributed by atoms with Gasteiger partial charge in [-0.2, -0.15) is 5.10 Å². The summed E-state index contributed by atoms with van der Waals surface area (Å²) in [6.07, 6.45) is 1.81. The van der Waals surface area contributed by atoms with E-state index in [9.17, 15) is 19.1 Å². The van der Waals surface area contributed by atoms with Crippen LogP contribution in [0.3, 0.4) is 0 Å². The number of likely N-dealkylation sites (tertiary alicyclic amines) is 2. The largest absolute Gasteiger partial charge is 0.490 e. The van der Waals surface area contributed by atoms with Crippen LogP contribution < -0.4 is 4.74 Å². The molecule has 0 unspecified atom stereocenters. The highest BCUT2D eigenvalue weighted by Gasteiger charge is 2.35. The molecule has 1 aromatic carbocycles. The maximum Gasteiger partial charge on any atom is 0.274 e. The van der Waals surface area contributed by atoms with Gasteiger partial charge in [0.15, 0.2) is 5.69 Å². The molecule has 2 saturated heterocycles. The lowest BCUT2D eigenvalue weighted by Crippen LogP contribution is -2.47. The molecular formula is C26H33FN4O4. The molecule has 9 heteroatoms. The molecule has 1 aromatic heterocycles. The van der Waals surface area contributed by atoms with Crippen LogP contribution in [0, 0.1) is 6.92 Å². The number of para-hydroxylation sites is 1. The number of rotatable bonds is 5. The third-order valence-corrected chi connectivity index (χ3v) is 7.47. The molecule has 188 valence electrons. The number of aliphatic hydroxyl groups is 1. The predicted octanol–water partition coefficient (Wildman–Crippen LogP) is 2.30. The van der Waals surface area contributed by atoms with Crippen LogP contribution >= 0.6 is 0 Å². The highest BCUT2D eigenvalue weighted by molar-refractivity contribution is 5.94. The standard InChI is InChI=1S/C26H33FN4O4/c1-17-5-2-3-8-23(17)35-18-9-12-29(13-10-18)24(33)16-31-21-7-4-6-19(21)25(28-31)26(34)30-14-11-22(32)20(27)15-30/h2-3,5,8,18,20,22,32H,4,6-7,9-16H2,1H3/t20-,22+/m1/s1. The lowest BCUT2D eigenvalue weighted by molar-refractivity contribution is -0.133. The fraction of sp³-hybridized carbons (Fsp3) is 0.577. The van der Waals surface area contributed by atoms with Crippen LogP contribution in [0.1, 0.15) is 53.0 Å². The van der Waals surface area contributed by atoms with E-state index < -0.39 is 12.3 Å². The number of aryl methyl sites for hydroxylation is 1. The summed E-state index contributed by atoms with van der Waals surface area (Å²) in [5.41, 5.74) is 3.26. The Morgan fingerprint density at radius 2 is 1.86 bits per heavy atom. The van der Waals surface area contributed by atoms with Gasteiger partial charge in [-0.1, -0.05) is 18.2 Å². The van der Waals surface area contributed by atoms with Crippen LogP contribution in [0.2, 0.25) is 0 Å². The zero-order valence-electron chi connectivity index (χ0n) is 20.2. The average molecular weight is 485 g/mol. The van der Waals surface area contributed by atoms with Crippen molar-refractivity contribution in [3.63, 3.8) is 0 Å². The van der Waals surface area contributed by atoms with Crippen molar-refractivity contribution >= 4 is 11.8 Å². The van der Waals surface area contributed by atoms with Crippen LogP contribution in [-0.4, -0.2) is 81.1 Å². The van der Waals surface area contributed by atoms with Crippen molar-refractivity contribution in [1.29, 1.82) is 0 Å². The van der Waals surface area contributed by atoms with E-state index >= 15 is 0 Å². The number of hydrogen-bond donors (Lipinski definition) is 1. The Balaban J connectivity index is 1.21. The zero-order chi connectivity index (χ0) is 24.5. The van der Waals surface area contributed by atoms with Gasteiger partial charge < -0.3 is 19.6 Å². The van der Waals surface area contributed by atoms with E-state index in [-0.39, 0.29) is 37.4 Å². The molecule has 0 bridgehead atoms. The molecule has 8 nitrogen and oxygen atoms in total. The normalized spacial score (nSPS) is 22.8. The molecule has 3 aliphatic rings. The van der Waals surface area contributed by atoms with Gasteiger partial charge >= 0.3 is 0 Å². The van der Waals surface area contributed by atoms with E-state index in [1.54, 1.807) is 4.68 Å². The first kappa shape index (κ1) is 23.8. The van der Waals surface area contributed by atoms with Crippen molar-refractivity contribution < 1.29 is 23.8 Å². The number of amides is 2. The highest BCUT2D eigenvalue weighted by Crippen LogP contribution is 2.28. The van der Waals surface area contributed by atoms with Crippen molar-refractivity contribution in [1.82, 2.24) is 19.6 Å². The number of halogens is 1. The fourth-order valence-electron chi connectivity index (χ4n) is 5.36. The van der Waals surface area contributed by atoms with Gasteiger partial charge in [0, 0.05) is 43.7 Å². The van der Waals surface area contributed by atoms with Crippen molar-refractivity contribution in [3.8, 4) is 5.75 Å². The summed E-state index contributed by atoms with van der Waals surface area (Å²) in [5, 5.41) is 14.2. The topological polar surface area (TPSA) is 87.9 Å². The lowest BCUT2D eigenvalue weighted by atomic mass is 10.1. The van der Waals surface area contributed by atoms with Gasteiger partial charge in [0.05, 0.1) is 12.6 Å². The van der Waals surface area contributed by atoms with Gasteiger partial charge in [-0.25, -0.2) is 4.39 Å². The number of carbonyl (C=O) groups excluding carboxylic acids is 2. The van der Waals surface area contributed by atoms with Gasteiger partial charge in [-0.05, 0) is 44.2 Å². The second-order valence-corrected chi connectivity index (χ2v) is 9.87. The molecule has 2 aromatic rings. The van der Waals surface area contributed by atoms with Crippen molar-refractivity contribution in [2.75, 3.05) is 26.2 Å². The minimum Gasteiger partial charge on any atom is -0.490 e. The number of alkyl halides is 1. The number of piperidine rings is 2. The number of aliphatic hydroxyl groups excluding tert-OH is 1. The molecule has 2 aliphatic heterocycles. The third-order valence-electron chi connectivity index (χ3n) is 7.47. The zero-order valence-corrected chi connectivity index (χ0v) is 20.2. The van der Waals surface area contributed by atoms with Crippen molar-refractivity contribution in [2.24, 2.45) is 0 Å². The van der Waals surface area contributed by atoms with E-state index in [2.05, 4.69) is 5.10 Å². The Kier molecular flexibility index (Phi) is 6.77. The Morgan fingerprint density at radius 3 is 2.60 bits per heavy atom. The first-order valence-electron chi connectivity index (χ1n) is 12.6. The van der Waals surface area contributed by atoms with Crippen molar-refractivity contribution in [3.05, 3.63) is 46.8 Å². The molecule has 2 amide bonds. The first-order chi connectivity index (χ1) is 16.9.